The van der Waals surface area contributed by atoms with Gasteiger partial charge in [0, 0.05) is 23.8 Å². The molecule has 0 aromatic heterocycles. The van der Waals surface area contributed by atoms with Gasteiger partial charge in [-0.25, -0.2) is 4.79 Å². The van der Waals surface area contributed by atoms with E-state index in [9.17, 15) is 14.9 Å². The van der Waals surface area contributed by atoms with Gasteiger partial charge in [-0.15, -0.1) is 0 Å². The molecule has 0 unspecified atom stereocenters. The molecule has 0 saturated carbocycles. The minimum atomic E-state index is -0.649. The molecule has 0 atom stereocenters. The SMILES string of the molecule is COc1cc(C(C)(C)C)c(OC)cc1OC(=O)c1ccc([N+](=O)[O-])cc1. The van der Waals surface area contributed by atoms with Crippen molar-refractivity contribution < 1.29 is 23.9 Å². The first-order chi connectivity index (χ1) is 12.2. The van der Waals surface area contributed by atoms with Crippen LogP contribution < -0.4 is 14.2 Å². The Bertz CT molecular complexity index is 821. The summed E-state index contributed by atoms with van der Waals surface area (Å²) in [6.07, 6.45) is 0. The monoisotopic (exact) mass is 359 g/mol. The van der Waals surface area contributed by atoms with E-state index in [2.05, 4.69) is 0 Å². The Kier molecular flexibility index (Phi) is 5.50. The molecule has 0 radical (unpaired) electrons. The summed E-state index contributed by atoms with van der Waals surface area (Å²) in [7, 11) is 3.02. The zero-order chi connectivity index (χ0) is 19.5. The third-order valence-corrected chi connectivity index (χ3v) is 3.81. The molecule has 7 nitrogen and oxygen atoms in total. The molecular weight excluding hydrogens is 338 g/mol. The fourth-order valence-corrected chi connectivity index (χ4v) is 2.41. The number of non-ortho nitro benzene ring substituents is 1. The summed E-state index contributed by atoms with van der Waals surface area (Å²) in [5.74, 6) is 0.528. The predicted molar refractivity (Wildman–Crippen MR) is 96.3 cm³/mol. The molecule has 0 fully saturated rings. The average Bonchev–Trinajstić information content (AvgIpc) is 2.60. The van der Waals surface area contributed by atoms with E-state index in [1.165, 1.54) is 31.4 Å². The number of carbonyl (C=O) groups excluding carboxylic acids is 1. The summed E-state index contributed by atoms with van der Waals surface area (Å²) in [4.78, 5) is 22.5. The number of rotatable bonds is 5. The molecule has 0 bridgehead atoms. The topological polar surface area (TPSA) is 87.9 Å². The maximum absolute atomic E-state index is 12.4. The van der Waals surface area contributed by atoms with Crippen molar-refractivity contribution in [2.45, 2.75) is 26.2 Å². The smallest absolute Gasteiger partial charge is 0.343 e. The average molecular weight is 359 g/mol. The van der Waals surface area contributed by atoms with E-state index < -0.39 is 10.9 Å². The number of esters is 1. The third kappa shape index (κ3) is 4.11. The third-order valence-electron chi connectivity index (χ3n) is 3.81. The summed E-state index contributed by atoms with van der Waals surface area (Å²) >= 11 is 0. The Morgan fingerprint density at radius 1 is 0.962 bits per heavy atom. The first-order valence-corrected chi connectivity index (χ1v) is 7.90. The fraction of sp³-hybridized carbons (Fsp3) is 0.316. The lowest BCUT2D eigenvalue weighted by molar-refractivity contribution is -0.384. The Labute approximate surface area is 151 Å². The molecule has 26 heavy (non-hydrogen) atoms. The van der Waals surface area contributed by atoms with Crippen LogP contribution in [0.15, 0.2) is 36.4 Å². The number of methoxy groups -OCH3 is 2. The molecule has 0 amide bonds. The maximum Gasteiger partial charge on any atom is 0.343 e. The quantitative estimate of drug-likeness (QED) is 0.345. The molecule has 0 N–H and O–H groups in total. The van der Waals surface area contributed by atoms with E-state index in [0.29, 0.717) is 11.5 Å². The molecule has 7 heteroatoms. The molecule has 0 aliphatic heterocycles. The first kappa shape index (κ1) is 19.2. The van der Waals surface area contributed by atoms with E-state index in [-0.39, 0.29) is 22.4 Å². The van der Waals surface area contributed by atoms with Crippen LogP contribution in [0.4, 0.5) is 5.69 Å². The van der Waals surface area contributed by atoms with Crippen molar-refractivity contribution in [2.75, 3.05) is 14.2 Å². The molecule has 2 aromatic rings. The predicted octanol–water partition coefficient (Wildman–Crippen LogP) is 4.13. The van der Waals surface area contributed by atoms with Gasteiger partial charge in [0.15, 0.2) is 11.5 Å². The zero-order valence-corrected chi connectivity index (χ0v) is 15.4. The van der Waals surface area contributed by atoms with Crippen LogP contribution >= 0.6 is 0 Å². The Hall–Kier alpha value is -3.09. The van der Waals surface area contributed by atoms with Gasteiger partial charge in [0.05, 0.1) is 24.7 Å². The number of nitro groups is 1. The van der Waals surface area contributed by atoms with Crippen molar-refractivity contribution in [3.63, 3.8) is 0 Å². The Morgan fingerprint density at radius 3 is 2.00 bits per heavy atom. The summed E-state index contributed by atoms with van der Waals surface area (Å²) in [6.45, 7) is 6.10. The standard InChI is InChI=1S/C19H21NO6/c1-19(2,3)14-10-16(25-5)17(11-15(14)24-4)26-18(21)12-6-8-13(9-7-12)20(22)23/h6-11H,1-5H3. The minimum Gasteiger partial charge on any atom is -0.496 e. The van der Waals surface area contributed by atoms with E-state index in [1.807, 2.05) is 20.8 Å². The molecule has 2 rings (SSSR count). The van der Waals surface area contributed by atoms with Crippen LogP contribution in [-0.2, 0) is 5.41 Å². The molecular formula is C19H21NO6. The van der Waals surface area contributed by atoms with Gasteiger partial charge in [0.1, 0.15) is 5.75 Å². The van der Waals surface area contributed by atoms with Crippen molar-refractivity contribution in [3.05, 3.63) is 57.6 Å². The van der Waals surface area contributed by atoms with Crippen molar-refractivity contribution in [3.8, 4) is 17.2 Å². The second-order valence-electron chi connectivity index (χ2n) is 6.65. The van der Waals surface area contributed by atoms with Gasteiger partial charge in [0.25, 0.3) is 5.69 Å². The highest BCUT2D eigenvalue weighted by Gasteiger charge is 2.23. The molecule has 2 aromatic carbocycles. The van der Waals surface area contributed by atoms with Gasteiger partial charge in [-0.05, 0) is 23.6 Å². The minimum absolute atomic E-state index is 0.102. The number of benzene rings is 2. The number of ether oxygens (including phenoxy) is 3. The lowest BCUT2D eigenvalue weighted by Gasteiger charge is -2.23. The molecule has 138 valence electrons. The maximum atomic E-state index is 12.4. The Morgan fingerprint density at radius 2 is 1.54 bits per heavy atom. The number of hydrogen-bond acceptors (Lipinski definition) is 6. The van der Waals surface area contributed by atoms with Crippen LogP contribution in [0.3, 0.4) is 0 Å². The lowest BCUT2D eigenvalue weighted by Crippen LogP contribution is -2.14. The number of carbonyl (C=O) groups is 1. The number of nitrogens with zero attached hydrogens (tertiary/aromatic N) is 1. The number of hydrogen-bond donors (Lipinski definition) is 0. The summed E-state index contributed by atoms with van der Waals surface area (Å²) in [6, 6.07) is 8.55. The summed E-state index contributed by atoms with van der Waals surface area (Å²) < 4.78 is 16.2. The molecule has 0 heterocycles. The van der Waals surface area contributed by atoms with Crippen molar-refractivity contribution >= 4 is 11.7 Å². The zero-order valence-electron chi connectivity index (χ0n) is 15.4. The van der Waals surface area contributed by atoms with Gasteiger partial charge in [-0.3, -0.25) is 10.1 Å². The van der Waals surface area contributed by atoms with Crippen LogP contribution in [0.25, 0.3) is 0 Å². The van der Waals surface area contributed by atoms with Crippen molar-refractivity contribution in [2.24, 2.45) is 0 Å². The first-order valence-electron chi connectivity index (χ1n) is 7.90. The van der Waals surface area contributed by atoms with Gasteiger partial charge in [-0.2, -0.15) is 0 Å². The van der Waals surface area contributed by atoms with E-state index in [0.717, 1.165) is 5.56 Å². The van der Waals surface area contributed by atoms with Crippen LogP contribution in [0.2, 0.25) is 0 Å². The van der Waals surface area contributed by atoms with Crippen molar-refractivity contribution in [1.82, 2.24) is 0 Å². The van der Waals surface area contributed by atoms with Gasteiger partial charge >= 0.3 is 5.97 Å². The Balaban J connectivity index is 2.36. The van der Waals surface area contributed by atoms with Gasteiger partial charge in [0.2, 0.25) is 0 Å². The molecule has 0 saturated heterocycles. The second-order valence-corrected chi connectivity index (χ2v) is 6.65. The van der Waals surface area contributed by atoms with E-state index >= 15 is 0 Å². The highest BCUT2D eigenvalue weighted by molar-refractivity contribution is 5.91. The van der Waals surface area contributed by atoms with Gasteiger partial charge in [-0.1, -0.05) is 20.8 Å². The summed E-state index contributed by atoms with van der Waals surface area (Å²) in [5.41, 5.74) is 0.804. The molecule has 0 spiro atoms. The van der Waals surface area contributed by atoms with Crippen LogP contribution in [0.1, 0.15) is 36.7 Å². The molecule has 0 aliphatic rings. The molecule has 0 aliphatic carbocycles. The largest absolute Gasteiger partial charge is 0.496 e. The summed E-state index contributed by atoms with van der Waals surface area (Å²) in [5, 5.41) is 10.7. The highest BCUT2D eigenvalue weighted by atomic mass is 16.6. The van der Waals surface area contributed by atoms with E-state index in [4.69, 9.17) is 14.2 Å². The fourth-order valence-electron chi connectivity index (χ4n) is 2.41. The van der Waals surface area contributed by atoms with Crippen molar-refractivity contribution in [1.29, 1.82) is 0 Å². The number of nitro benzene ring substituents is 1. The van der Waals surface area contributed by atoms with E-state index in [1.54, 1.807) is 19.2 Å². The van der Waals surface area contributed by atoms with Crippen LogP contribution in [0, 0.1) is 10.1 Å². The van der Waals surface area contributed by atoms with Crippen LogP contribution in [-0.4, -0.2) is 25.1 Å². The second kappa shape index (κ2) is 7.43. The van der Waals surface area contributed by atoms with Crippen LogP contribution in [0.5, 0.6) is 17.2 Å². The normalized spacial score (nSPS) is 11.0. The highest BCUT2D eigenvalue weighted by Crippen LogP contribution is 2.40. The van der Waals surface area contributed by atoms with Gasteiger partial charge < -0.3 is 14.2 Å². The lowest BCUT2D eigenvalue weighted by atomic mass is 9.86.